The second-order valence-corrected chi connectivity index (χ2v) is 9.43. The van der Waals surface area contributed by atoms with E-state index in [0.717, 1.165) is 43.5 Å². The number of hydrogen-bond donors (Lipinski definition) is 2. The third-order valence-electron chi connectivity index (χ3n) is 7.55. The number of imide groups is 1. The Labute approximate surface area is 176 Å². The van der Waals surface area contributed by atoms with Crippen molar-refractivity contribution in [3.8, 4) is 0 Å². The van der Waals surface area contributed by atoms with Gasteiger partial charge in [0, 0.05) is 6.04 Å². The van der Waals surface area contributed by atoms with E-state index in [1.54, 1.807) is 0 Å². The van der Waals surface area contributed by atoms with Gasteiger partial charge in [-0.25, -0.2) is 4.79 Å². The van der Waals surface area contributed by atoms with Gasteiger partial charge in [-0.2, -0.15) is 5.01 Å². The van der Waals surface area contributed by atoms with Gasteiger partial charge in [0.25, 0.3) is 11.8 Å². The van der Waals surface area contributed by atoms with E-state index < -0.39 is 23.5 Å². The second-order valence-electron chi connectivity index (χ2n) is 9.43. The normalized spacial score (nSPS) is 36.5. The van der Waals surface area contributed by atoms with Crippen molar-refractivity contribution in [1.29, 1.82) is 0 Å². The van der Waals surface area contributed by atoms with Crippen LogP contribution in [0.4, 0.5) is 4.79 Å². The fraction of sp³-hybridized carbons (Fsp3) is 0.810. The molecule has 0 aromatic carbocycles. The monoisotopic (exact) mass is 420 g/mol. The highest BCUT2D eigenvalue weighted by Gasteiger charge is 2.53. The lowest BCUT2D eigenvalue weighted by atomic mass is 9.77. The Morgan fingerprint density at radius 1 is 1.17 bits per heavy atom. The van der Waals surface area contributed by atoms with Crippen LogP contribution in [-0.2, 0) is 19.1 Å². The molecule has 1 spiro atoms. The van der Waals surface area contributed by atoms with Crippen molar-refractivity contribution < 1.29 is 23.9 Å². The molecule has 2 aliphatic carbocycles. The van der Waals surface area contributed by atoms with Gasteiger partial charge in [0.2, 0.25) is 0 Å². The lowest BCUT2D eigenvalue weighted by Crippen LogP contribution is -2.54. The number of hydrogen-bond acceptors (Lipinski definition) is 6. The minimum Gasteiger partial charge on any atom is -0.468 e. The molecule has 2 saturated heterocycles. The first-order valence-electron chi connectivity index (χ1n) is 11.1. The maximum Gasteiger partial charge on any atom is 0.344 e. The first-order valence-corrected chi connectivity index (χ1v) is 11.1. The molecule has 3 atom stereocenters. The number of nitrogens with zero attached hydrogens (tertiary/aromatic N) is 2. The average Bonchev–Trinajstić information content (AvgIpc) is 3.21. The molecule has 3 unspecified atom stereocenters. The average molecular weight is 421 g/mol. The van der Waals surface area contributed by atoms with Gasteiger partial charge in [-0.05, 0) is 56.8 Å². The number of carbonyl (C=O) groups is 4. The summed E-state index contributed by atoms with van der Waals surface area (Å²) in [5, 5.41) is 3.64. The minimum atomic E-state index is -0.895. The molecular formula is C21H32N4O5. The number of hydrazine groups is 1. The van der Waals surface area contributed by atoms with Crippen molar-refractivity contribution in [2.75, 3.05) is 13.7 Å². The van der Waals surface area contributed by atoms with E-state index in [4.69, 9.17) is 4.74 Å². The first kappa shape index (κ1) is 21.1. The first-order chi connectivity index (χ1) is 14.3. The molecule has 4 amide bonds. The van der Waals surface area contributed by atoms with Crippen LogP contribution in [0.3, 0.4) is 0 Å². The molecule has 2 N–H and O–H groups in total. The molecule has 2 heterocycles. The van der Waals surface area contributed by atoms with E-state index in [1.165, 1.54) is 7.11 Å². The third kappa shape index (κ3) is 3.68. The van der Waals surface area contributed by atoms with E-state index in [2.05, 4.69) is 17.7 Å². The smallest absolute Gasteiger partial charge is 0.344 e. The summed E-state index contributed by atoms with van der Waals surface area (Å²) in [5.74, 6) is -0.269. The van der Waals surface area contributed by atoms with Gasteiger partial charge in [0.05, 0.1) is 13.7 Å². The van der Waals surface area contributed by atoms with E-state index in [0.29, 0.717) is 31.1 Å². The zero-order valence-electron chi connectivity index (χ0n) is 17.8. The van der Waals surface area contributed by atoms with Crippen LogP contribution in [-0.4, -0.2) is 65.0 Å². The van der Waals surface area contributed by atoms with Crippen molar-refractivity contribution in [3.63, 3.8) is 0 Å². The number of nitrogens with one attached hydrogen (secondary N) is 2. The number of urea groups is 1. The molecule has 0 radical (unpaired) electrons. The highest BCUT2D eigenvalue weighted by Crippen LogP contribution is 2.40. The van der Waals surface area contributed by atoms with E-state index in [-0.39, 0.29) is 24.5 Å². The molecule has 166 valence electrons. The Kier molecular flexibility index (Phi) is 5.74. The largest absolute Gasteiger partial charge is 0.468 e. The molecule has 0 aromatic heterocycles. The van der Waals surface area contributed by atoms with Crippen LogP contribution < -0.4 is 10.7 Å². The lowest BCUT2D eigenvalue weighted by molar-refractivity contribution is -0.148. The summed E-state index contributed by atoms with van der Waals surface area (Å²) in [7, 11) is 1.36. The van der Waals surface area contributed by atoms with Crippen LogP contribution in [0.15, 0.2) is 0 Å². The van der Waals surface area contributed by atoms with Gasteiger partial charge in [0.15, 0.2) is 0 Å². The number of methoxy groups -OCH3 is 1. The number of fused-ring (bicyclic) bond motifs is 1. The van der Waals surface area contributed by atoms with Gasteiger partial charge in [-0.3, -0.25) is 24.7 Å². The van der Waals surface area contributed by atoms with Crippen LogP contribution in [0.25, 0.3) is 0 Å². The predicted octanol–water partition coefficient (Wildman–Crippen LogP) is 1.32. The standard InChI is InChI=1S/C21H32N4O5/c1-13-7-9-21(10-8-13)19(28)25(20(29)22-21)23-17(26)12-24-15-6-4-3-5-14(15)11-16(24)18(27)30-2/h13-16H,3-12H2,1-2H3,(H,22,29)(H,23,26). The number of rotatable bonds is 4. The van der Waals surface area contributed by atoms with Crippen molar-refractivity contribution >= 4 is 23.8 Å². The maximum atomic E-state index is 13.0. The molecule has 0 bridgehead atoms. The Morgan fingerprint density at radius 2 is 1.87 bits per heavy atom. The number of likely N-dealkylation sites (tertiary alicyclic amines) is 1. The molecule has 9 nitrogen and oxygen atoms in total. The van der Waals surface area contributed by atoms with Crippen LogP contribution in [0, 0.1) is 11.8 Å². The molecule has 30 heavy (non-hydrogen) atoms. The van der Waals surface area contributed by atoms with Crippen LogP contribution in [0.5, 0.6) is 0 Å². The zero-order valence-corrected chi connectivity index (χ0v) is 17.8. The summed E-state index contributed by atoms with van der Waals surface area (Å²) < 4.78 is 4.96. The fourth-order valence-electron chi connectivity index (χ4n) is 5.79. The summed E-state index contributed by atoms with van der Waals surface area (Å²) in [6, 6.07) is -0.879. The van der Waals surface area contributed by atoms with Gasteiger partial charge >= 0.3 is 12.0 Å². The molecule has 9 heteroatoms. The summed E-state index contributed by atoms with van der Waals surface area (Å²) in [6.45, 7) is 2.10. The van der Waals surface area contributed by atoms with Crippen molar-refractivity contribution in [2.45, 2.75) is 82.3 Å². The zero-order chi connectivity index (χ0) is 21.5. The highest BCUT2D eigenvalue weighted by atomic mass is 16.5. The Hall–Kier alpha value is -2.16. The maximum absolute atomic E-state index is 13.0. The summed E-state index contributed by atoms with van der Waals surface area (Å²) in [4.78, 5) is 52.4. The van der Waals surface area contributed by atoms with Gasteiger partial charge in [-0.1, -0.05) is 19.8 Å². The number of carbonyl (C=O) groups excluding carboxylic acids is 4. The quantitative estimate of drug-likeness (QED) is 0.525. The van der Waals surface area contributed by atoms with E-state index in [9.17, 15) is 19.2 Å². The molecule has 4 rings (SSSR count). The lowest BCUT2D eigenvalue weighted by Gasteiger charge is -2.34. The number of esters is 1. The van der Waals surface area contributed by atoms with Gasteiger partial charge in [-0.15, -0.1) is 0 Å². The second kappa shape index (κ2) is 8.17. The van der Waals surface area contributed by atoms with Crippen molar-refractivity contribution in [2.24, 2.45) is 11.8 Å². The Bertz CT molecular complexity index is 733. The SMILES string of the molecule is COC(=O)C1CC2CCCCC2N1CC(=O)NN1C(=O)NC2(CCC(C)CC2)C1=O. The van der Waals surface area contributed by atoms with Crippen LogP contribution in [0.1, 0.15) is 64.7 Å². The van der Waals surface area contributed by atoms with Gasteiger partial charge < -0.3 is 10.1 Å². The molecule has 4 fully saturated rings. The molecular weight excluding hydrogens is 388 g/mol. The number of ether oxygens (including phenoxy) is 1. The van der Waals surface area contributed by atoms with Crippen molar-refractivity contribution in [3.05, 3.63) is 0 Å². The topological polar surface area (TPSA) is 108 Å². The highest BCUT2D eigenvalue weighted by molar-refractivity contribution is 6.08. The van der Waals surface area contributed by atoms with Crippen molar-refractivity contribution in [1.82, 2.24) is 20.7 Å². The van der Waals surface area contributed by atoms with E-state index >= 15 is 0 Å². The van der Waals surface area contributed by atoms with Gasteiger partial charge in [0.1, 0.15) is 11.6 Å². The number of amides is 4. The Morgan fingerprint density at radius 3 is 2.57 bits per heavy atom. The summed E-state index contributed by atoms with van der Waals surface area (Å²) >= 11 is 0. The third-order valence-corrected chi connectivity index (χ3v) is 7.55. The van der Waals surface area contributed by atoms with Crippen LogP contribution >= 0.6 is 0 Å². The predicted molar refractivity (Wildman–Crippen MR) is 107 cm³/mol. The van der Waals surface area contributed by atoms with E-state index in [1.807, 2.05) is 4.90 Å². The fourth-order valence-corrected chi connectivity index (χ4v) is 5.79. The summed E-state index contributed by atoms with van der Waals surface area (Å²) in [6.07, 6.45) is 7.79. The molecule has 4 aliphatic rings. The minimum absolute atomic E-state index is 0.0397. The summed E-state index contributed by atoms with van der Waals surface area (Å²) in [5.41, 5.74) is 1.60. The Balaban J connectivity index is 1.42. The molecule has 2 saturated carbocycles. The van der Waals surface area contributed by atoms with Crippen LogP contribution in [0.2, 0.25) is 0 Å². The molecule has 2 aliphatic heterocycles. The molecule has 0 aromatic rings.